The van der Waals surface area contributed by atoms with Gasteiger partial charge in [-0.1, -0.05) is 33.3 Å². The molecule has 1 aromatic heterocycles. The van der Waals surface area contributed by atoms with E-state index in [1.54, 1.807) is 52.3 Å². The van der Waals surface area contributed by atoms with E-state index in [0.717, 1.165) is 10.0 Å². The van der Waals surface area contributed by atoms with Crippen LogP contribution in [0, 0.1) is 0 Å². The van der Waals surface area contributed by atoms with Crippen LogP contribution in [-0.4, -0.2) is 38.5 Å². The van der Waals surface area contributed by atoms with Gasteiger partial charge in [-0.25, -0.2) is 9.79 Å². The van der Waals surface area contributed by atoms with Gasteiger partial charge in [-0.05, 0) is 55.8 Å². The van der Waals surface area contributed by atoms with Crippen molar-refractivity contribution in [2.45, 2.75) is 19.9 Å². The Hall–Kier alpha value is -3.37. The summed E-state index contributed by atoms with van der Waals surface area (Å²) < 4.78 is 24.5. The van der Waals surface area contributed by atoms with Gasteiger partial charge in [0.1, 0.15) is 5.75 Å². The highest BCUT2D eigenvalue weighted by Crippen LogP contribution is 2.36. The number of esters is 1. The molecule has 0 fully saturated rings. The standard InChI is InChI=1S/C26H25BrN2O6S/c1-6-35-25(31)22-14(2)28-26-29(23(22)15-7-9-19(33-4)20(12-15)34-5)24(30)21(36-26)13-16-11-17(27)8-10-18(16)32-3/h7-13,23H,6H2,1-5H3. The summed E-state index contributed by atoms with van der Waals surface area (Å²) in [4.78, 5) is 32.0. The number of benzene rings is 2. The lowest BCUT2D eigenvalue weighted by Crippen LogP contribution is -2.40. The number of carbonyl (C=O) groups is 1. The van der Waals surface area contributed by atoms with E-state index in [-0.39, 0.29) is 12.2 Å². The second kappa shape index (κ2) is 10.7. The molecular formula is C26H25BrN2O6S. The van der Waals surface area contributed by atoms with E-state index in [0.29, 0.717) is 43.4 Å². The van der Waals surface area contributed by atoms with Crippen molar-refractivity contribution in [3.05, 3.63) is 83.0 Å². The molecule has 0 radical (unpaired) electrons. The summed E-state index contributed by atoms with van der Waals surface area (Å²) >= 11 is 4.72. The number of hydrogen-bond donors (Lipinski definition) is 0. The molecular weight excluding hydrogens is 548 g/mol. The Kier molecular flexibility index (Phi) is 7.65. The molecule has 0 N–H and O–H groups in total. The highest BCUT2D eigenvalue weighted by atomic mass is 79.9. The third kappa shape index (κ3) is 4.70. The van der Waals surface area contributed by atoms with Gasteiger partial charge >= 0.3 is 5.97 Å². The van der Waals surface area contributed by atoms with E-state index in [1.807, 2.05) is 18.2 Å². The summed E-state index contributed by atoms with van der Waals surface area (Å²) in [6.07, 6.45) is 1.77. The number of methoxy groups -OCH3 is 3. The summed E-state index contributed by atoms with van der Waals surface area (Å²) in [6.45, 7) is 3.68. The van der Waals surface area contributed by atoms with Gasteiger partial charge in [-0.2, -0.15) is 0 Å². The molecule has 1 aliphatic rings. The number of rotatable bonds is 7. The molecule has 0 amide bonds. The van der Waals surface area contributed by atoms with Crippen LogP contribution in [0.4, 0.5) is 0 Å². The topological polar surface area (TPSA) is 88.4 Å². The zero-order chi connectivity index (χ0) is 26.0. The number of fused-ring (bicyclic) bond motifs is 1. The molecule has 0 saturated heterocycles. The Morgan fingerprint density at radius 1 is 1.08 bits per heavy atom. The van der Waals surface area contributed by atoms with Crippen molar-refractivity contribution < 1.29 is 23.7 Å². The fraction of sp³-hybridized carbons (Fsp3) is 0.269. The molecule has 8 nitrogen and oxygen atoms in total. The van der Waals surface area contributed by atoms with Crippen molar-refractivity contribution in [3.63, 3.8) is 0 Å². The molecule has 0 saturated carbocycles. The van der Waals surface area contributed by atoms with E-state index >= 15 is 0 Å². The fourth-order valence-electron chi connectivity index (χ4n) is 4.09. The van der Waals surface area contributed by atoms with Gasteiger partial charge in [-0.3, -0.25) is 9.36 Å². The number of nitrogens with zero attached hydrogens (tertiary/aromatic N) is 2. The van der Waals surface area contributed by atoms with E-state index < -0.39 is 12.0 Å². The maximum Gasteiger partial charge on any atom is 0.338 e. The lowest BCUT2D eigenvalue weighted by atomic mass is 9.95. The summed E-state index contributed by atoms with van der Waals surface area (Å²) in [7, 11) is 4.66. The summed E-state index contributed by atoms with van der Waals surface area (Å²) in [5.74, 6) is 1.12. The minimum atomic E-state index is -0.758. The Morgan fingerprint density at radius 3 is 2.44 bits per heavy atom. The second-order valence-corrected chi connectivity index (χ2v) is 9.73. The Bertz CT molecular complexity index is 1540. The third-order valence-corrected chi connectivity index (χ3v) is 7.19. The summed E-state index contributed by atoms with van der Waals surface area (Å²) in [5.41, 5.74) is 1.90. The summed E-state index contributed by atoms with van der Waals surface area (Å²) in [5, 5.41) is 0. The minimum absolute atomic E-state index is 0.196. The van der Waals surface area contributed by atoms with Gasteiger partial charge in [0.15, 0.2) is 16.3 Å². The average Bonchev–Trinajstić information content (AvgIpc) is 3.17. The average molecular weight is 573 g/mol. The molecule has 0 bridgehead atoms. The van der Waals surface area contributed by atoms with Gasteiger partial charge in [-0.15, -0.1) is 0 Å². The van der Waals surface area contributed by atoms with E-state index in [9.17, 15) is 9.59 Å². The van der Waals surface area contributed by atoms with Gasteiger partial charge in [0.05, 0.1) is 49.8 Å². The monoisotopic (exact) mass is 572 g/mol. The molecule has 2 aromatic carbocycles. The highest BCUT2D eigenvalue weighted by Gasteiger charge is 2.34. The normalized spacial score (nSPS) is 15.3. The lowest BCUT2D eigenvalue weighted by Gasteiger charge is -2.25. The maximum absolute atomic E-state index is 13.8. The Labute approximate surface area is 220 Å². The zero-order valence-electron chi connectivity index (χ0n) is 20.5. The first kappa shape index (κ1) is 25.7. The van der Waals surface area contributed by atoms with Crippen LogP contribution < -0.4 is 29.1 Å². The molecule has 3 aromatic rings. The number of hydrogen-bond acceptors (Lipinski definition) is 8. The largest absolute Gasteiger partial charge is 0.496 e. The molecule has 1 unspecified atom stereocenters. The smallest absolute Gasteiger partial charge is 0.338 e. The van der Waals surface area contributed by atoms with Gasteiger partial charge in [0.2, 0.25) is 0 Å². The maximum atomic E-state index is 13.8. The lowest BCUT2D eigenvalue weighted by molar-refractivity contribution is -0.139. The van der Waals surface area contributed by atoms with E-state index in [2.05, 4.69) is 20.9 Å². The molecule has 4 rings (SSSR count). The van der Waals surface area contributed by atoms with Crippen LogP contribution >= 0.6 is 27.3 Å². The number of carbonyl (C=O) groups excluding carboxylic acids is 1. The SMILES string of the molecule is CCOC(=O)C1=C(C)N=c2sc(=Cc3cc(Br)ccc3OC)c(=O)n2C1c1ccc(OC)c(OC)c1. The molecule has 0 aliphatic carbocycles. The predicted octanol–water partition coefficient (Wildman–Crippen LogP) is 3.59. The van der Waals surface area contributed by atoms with E-state index in [4.69, 9.17) is 18.9 Å². The molecule has 188 valence electrons. The number of halogens is 1. The second-order valence-electron chi connectivity index (χ2n) is 7.80. The van der Waals surface area contributed by atoms with Crippen LogP contribution in [0.25, 0.3) is 6.08 Å². The third-order valence-electron chi connectivity index (χ3n) is 5.72. The highest BCUT2D eigenvalue weighted by molar-refractivity contribution is 9.10. The van der Waals surface area contributed by atoms with Gasteiger partial charge < -0.3 is 18.9 Å². The quantitative estimate of drug-likeness (QED) is 0.402. The van der Waals surface area contributed by atoms with Gasteiger partial charge in [0, 0.05) is 10.0 Å². The fourth-order valence-corrected chi connectivity index (χ4v) is 5.51. The minimum Gasteiger partial charge on any atom is -0.496 e. The van der Waals surface area contributed by atoms with Crippen LogP contribution in [0.5, 0.6) is 17.2 Å². The molecule has 10 heteroatoms. The zero-order valence-corrected chi connectivity index (χ0v) is 22.9. The van der Waals surface area contributed by atoms with Crippen LogP contribution in [0.2, 0.25) is 0 Å². The van der Waals surface area contributed by atoms with Gasteiger partial charge in [0.25, 0.3) is 5.56 Å². The first-order valence-corrected chi connectivity index (χ1v) is 12.7. The van der Waals surface area contributed by atoms with Crippen molar-refractivity contribution in [1.82, 2.24) is 4.57 Å². The van der Waals surface area contributed by atoms with Crippen molar-refractivity contribution in [3.8, 4) is 17.2 Å². The van der Waals surface area contributed by atoms with Crippen molar-refractivity contribution >= 4 is 39.3 Å². The molecule has 0 spiro atoms. The summed E-state index contributed by atoms with van der Waals surface area (Å²) in [6, 6.07) is 10.1. The molecule has 2 heterocycles. The Balaban J connectivity index is 1.99. The first-order valence-electron chi connectivity index (χ1n) is 11.1. The molecule has 36 heavy (non-hydrogen) atoms. The van der Waals surface area contributed by atoms with Crippen molar-refractivity contribution in [2.75, 3.05) is 27.9 Å². The van der Waals surface area contributed by atoms with Crippen LogP contribution in [0.1, 0.15) is 31.0 Å². The number of aromatic nitrogens is 1. The molecule has 1 atom stereocenters. The van der Waals surface area contributed by atoms with Crippen LogP contribution in [-0.2, 0) is 9.53 Å². The Morgan fingerprint density at radius 2 is 1.78 bits per heavy atom. The first-order chi connectivity index (χ1) is 17.3. The molecule has 1 aliphatic heterocycles. The number of allylic oxidation sites excluding steroid dienone is 1. The van der Waals surface area contributed by atoms with Crippen molar-refractivity contribution in [2.24, 2.45) is 4.99 Å². The number of thiazole rings is 1. The van der Waals surface area contributed by atoms with Crippen LogP contribution in [0.3, 0.4) is 0 Å². The van der Waals surface area contributed by atoms with E-state index in [1.165, 1.54) is 23.0 Å². The predicted molar refractivity (Wildman–Crippen MR) is 141 cm³/mol. The number of ether oxygens (including phenoxy) is 4. The van der Waals surface area contributed by atoms with Crippen LogP contribution in [0.15, 0.2) is 61.9 Å². The van der Waals surface area contributed by atoms with Crippen molar-refractivity contribution in [1.29, 1.82) is 0 Å².